The Labute approximate surface area is 122 Å². The van der Waals surface area contributed by atoms with Gasteiger partial charge in [0.1, 0.15) is 5.54 Å². The van der Waals surface area contributed by atoms with E-state index in [1.54, 1.807) is 0 Å². The smallest absolute Gasteiger partial charge is 0.326 e. The molecule has 3 unspecified atom stereocenters. The fraction of sp³-hybridized carbons (Fsp3) is 0.933. The number of likely N-dealkylation sites (N-methyl/N-ethyl adjacent to an activating group) is 1. The zero-order valence-electron chi connectivity index (χ0n) is 13.0. The molecule has 1 N–H and O–H groups in total. The molecule has 5 heteroatoms. The molecule has 116 valence electrons. The van der Waals surface area contributed by atoms with Gasteiger partial charge in [-0.15, -0.1) is 0 Å². The number of esters is 1. The van der Waals surface area contributed by atoms with Gasteiger partial charge < -0.3 is 14.8 Å². The number of methoxy groups -OCH3 is 1. The average Bonchev–Trinajstić information content (AvgIpc) is 2.53. The minimum Gasteiger partial charge on any atom is -0.468 e. The lowest BCUT2D eigenvalue weighted by Gasteiger charge is -2.47. The Morgan fingerprint density at radius 3 is 3.00 bits per heavy atom. The van der Waals surface area contributed by atoms with Gasteiger partial charge in [0.15, 0.2) is 0 Å². The zero-order chi connectivity index (χ0) is 14.6. The molecule has 1 saturated heterocycles. The van der Waals surface area contributed by atoms with Crippen molar-refractivity contribution in [1.82, 2.24) is 10.2 Å². The van der Waals surface area contributed by atoms with E-state index in [9.17, 15) is 4.79 Å². The van der Waals surface area contributed by atoms with Crippen molar-refractivity contribution < 1.29 is 14.3 Å². The van der Waals surface area contributed by atoms with Gasteiger partial charge in [-0.1, -0.05) is 6.92 Å². The maximum Gasteiger partial charge on any atom is 0.326 e. The summed E-state index contributed by atoms with van der Waals surface area (Å²) in [5.41, 5.74) is -0.506. The summed E-state index contributed by atoms with van der Waals surface area (Å²) < 4.78 is 10.6. The Kier molecular flexibility index (Phi) is 5.41. The zero-order valence-corrected chi connectivity index (χ0v) is 13.0. The Bertz CT molecular complexity index is 337. The Morgan fingerprint density at radius 1 is 1.55 bits per heavy atom. The maximum atomic E-state index is 12.2. The number of nitrogens with zero attached hydrogens (tertiary/aromatic N) is 1. The quantitative estimate of drug-likeness (QED) is 0.785. The van der Waals surface area contributed by atoms with Gasteiger partial charge in [0.25, 0.3) is 0 Å². The van der Waals surface area contributed by atoms with Crippen LogP contribution in [-0.4, -0.2) is 62.4 Å². The first-order valence-electron chi connectivity index (χ1n) is 7.77. The van der Waals surface area contributed by atoms with Crippen LogP contribution in [0.3, 0.4) is 0 Å². The highest BCUT2D eigenvalue weighted by atomic mass is 16.5. The standard InChI is InChI=1S/C15H28N2O3/c1-4-12-11-20-9-8-17(12)13-6-5-7-15(10-13,16-2)14(18)19-3/h12-13,16H,4-11H2,1-3H3. The summed E-state index contributed by atoms with van der Waals surface area (Å²) in [4.78, 5) is 14.7. The van der Waals surface area contributed by atoms with Crippen LogP contribution in [0.25, 0.3) is 0 Å². The minimum atomic E-state index is -0.506. The predicted octanol–water partition coefficient (Wildman–Crippen LogP) is 1.17. The molecule has 20 heavy (non-hydrogen) atoms. The predicted molar refractivity (Wildman–Crippen MR) is 77.7 cm³/mol. The topological polar surface area (TPSA) is 50.8 Å². The monoisotopic (exact) mass is 284 g/mol. The molecule has 1 aliphatic heterocycles. The summed E-state index contributed by atoms with van der Waals surface area (Å²) in [5.74, 6) is -0.119. The number of carbonyl (C=O) groups excluding carboxylic acids is 1. The van der Waals surface area contributed by atoms with E-state index < -0.39 is 5.54 Å². The first kappa shape index (κ1) is 15.7. The minimum absolute atomic E-state index is 0.119. The largest absolute Gasteiger partial charge is 0.468 e. The summed E-state index contributed by atoms with van der Waals surface area (Å²) in [7, 11) is 3.35. The van der Waals surface area contributed by atoms with E-state index in [1.807, 2.05) is 7.05 Å². The van der Waals surface area contributed by atoms with Crippen molar-refractivity contribution in [3.63, 3.8) is 0 Å². The lowest BCUT2D eigenvalue weighted by Crippen LogP contribution is -2.60. The second-order valence-corrected chi connectivity index (χ2v) is 5.95. The van der Waals surface area contributed by atoms with Crippen LogP contribution in [0.2, 0.25) is 0 Å². The molecule has 0 amide bonds. The van der Waals surface area contributed by atoms with Crippen LogP contribution in [0.5, 0.6) is 0 Å². The van der Waals surface area contributed by atoms with Gasteiger partial charge in [-0.25, -0.2) is 0 Å². The number of nitrogens with one attached hydrogen (secondary N) is 1. The van der Waals surface area contributed by atoms with Crippen LogP contribution in [0.4, 0.5) is 0 Å². The van der Waals surface area contributed by atoms with E-state index in [2.05, 4.69) is 17.1 Å². The second kappa shape index (κ2) is 6.87. The van der Waals surface area contributed by atoms with E-state index in [1.165, 1.54) is 7.11 Å². The number of hydrogen-bond acceptors (Lipinski definition) is 5. The van der Waals surface area contributed by atoms with Crippen LogP contribution in [0.1, 0.15) is 39.0 Å². The molecule has 0 bridgehead atoms. The SMILES string of the molecule is CCC1COCCN1C1CCCC(NC)(C(=O)OC)C1. The normalized spacial score (nSPS) is 35.8. The summed E-state index contributed by atoms with van der Waals surface area (Å²) in [6.45, 7) is 4.81. The van der Waals surface area contributed by atoms with Crippen LogP contribution in [-0.2, 0) is 14.3 Å². The molecule has 3 atom stereocenters. The molecule has 0 aromatic carbocycles. The fourth-order valence-electron chi connectivity index (χ4n) is 3.74. The molecule has 1 saturated carbocycles. The Morgan fingerprint density at radius 2 is 2.35 bits per heavy atom. The molecule has 2 fully saturated rings. The van der Waals surface area contributed by atoms with Crippen molar-refractivity contribution >= 4 is 5.97 Å². The van der Waals surface area contributed by atoms with Gasteiger partial charge in [-0.2, -0.15) is 0 Å². The van der Waals surface area contributed by atoms with Gasteiger partial charge in [-0.05, 0) is 39.2 Å². The summed E-state index contributed by atoms with van der Waals surface area (Å²) in [6, 6.07) is 0.934. The van der Waals surface area contributed by atoms with E-state index in [-0.39, 0.29) is 5.97 Å². The number of ether oxygens (including phenoxy) is 2. The second-order valence-electron chi connectivity index (χ2n) is 5.95. The van der Waals surface area contributed by atoms with Crippen molar-refractivity contribution in [3.05, 3.63) is 0 Å². The fourth-order valence-corrected chi connectivity index (χ4v) is 3.74. The average molecular weight is 284 g/mol. The molecular formula is C15H28N2O3. The number of morpholine rings is 1. The van der Waals surface area contributed by atoms with Gasteiger partial charge in [-0.3, -0.25) is 9.69 Å². The summed E-state index contributed by atoms with van der Waals surface area (Å²) >= 11 is 0. The van der Waals surface area contributed by atoms with Crippen LogP contribution >= 0.6 is 0 Å². The third-order valence-electron chi connectivity index (χ3n) is 4.99. The highest BCUT2D eigenvalue weighted by Crippen LogP contribution is 2.33. The van der Waals surface area contributed by atoms with Gasteiger partial charge in [0, 0.05) is 18.6 Å². The molecule has 1 heterocycles. The lowest BCUT2D eigenvalue weighted by atomic mass is 9.78. The lowest BCUT2D eigenvalue weighted by molar-refractivity contribution is -0.151. The Hall–Kier alpha value is -0.650. The maximum absolute atomic E-state index is 12.2. The van der Waals surface area contributed by atoms with Crippen LogP contribution in [0.15, 0.2) is 0 Å². The van der Waals surface area contributed by atoms with Crippen LogP contribution < -0.4 is 5.32 Å². The van der Waals surface area contributed by atoms with Crippen molar-refractivity contribution in [2.45, 2.75) is 56.7 Å². The molecule has 0 aromatic rings. The molecule has 1 aliphatic carbocycles. The highest BCUT2D eigenvalue weighted by Gasteiger charge is 2.45. The molecule has 2 aliphatic rings. The molecule has 0 aromatic heterocycles. The van der Waals surface area contributed by atoms with Crippen molar-refractivity contribution in [3.8, 4) is 0 Å². The molecule has 2 rings (SSSR count). The molecule has 5 nitrogen and oxygen atoms in total. The van der Waals surface area contributed by atoms with Crippen LogP contribution in [0, 0.1) is 0 Å². The van der Waals surface area contributed by atoms with Crippen molar-refractivity contribution in [2.24, 2.45) is 0 Å². The summed E-state index contributed by atoms with van der Waals surface area (Å²) in [5, 5.41) is 3.24. The Balaban J connectivity index is 2.10. The van der Waals surface area contributed by atoms with E-state index >= 15 is 0 Å². The first-order valence-corrected chi connectivity index (χ1v) is 7.77. The van der Waals surface area contributed by atoms with Gasteiger partial charge in [0.2, 0.25) is 0 Å². The summed E-state index contributed by atoms with van der Waals surface area (Å²) in [6.07, 6.45) is 5.03. The van der Waals surface area contributed by atoms with Gasteiger partial charge >= 0.3 is 5.97 Å². The van der Waals surface area contributed by atoms with Gasteiger partial charge in [0.05, 0.1) is 20.3 Å². The van der Waals surface area contributed by atoms with E-state index in [4.69, 9.17) is 9.47 Å². The number of carbonyl (C=O) groups is 1. The molecule has 0 spiro atoms. The highest BCUT2D eigenvalue weighted by molar-refractivity contribution is 5.81. The molecular weight excluding hydrogens is 256 g/mol. The number of hydrogen-bond donors (Lipinski definition) is 1. The molecule has 0 radical (unpaired) electrons. The third-order valence-corrected chi connectivity index (χ3v) is 4.99. The van der Waals surface area contributed by atoms with Crippen molar-refractivity contribution in [2.75, 3.05) is 33.9 Å². The number of rotatable bonds is 4. The first-order chi connectivity index (χ1) is 9.66. The van der Waals surface area contributed by atoms with E-state index in [0.717, 1.165) is 51.9 Å². The third kappa shape index (κ3) is 3.00. The van der Waals surface area contributed by atoms with Crippen molar-refractivity contribution in [1.29, 1.82) is 0 Å². The van der Waals surface area contributed by atoms with E-state index in [0.29, 0.717) is 12.1 Å².